The summed E-state index contributed by atoms with van der Waals surface area (Å²) < 4.78 is 6.98. The molecule has 29 heavy (non-hydrogen) atoms. The van der Waals surface area contributed by atoms with Gasteiger partial charge in [-0.1, -0.05) is 6.07 Å². The van der Waals surface area contributed by atoms with E-state index in [0.717, 1.165) is 33.5 Å². The summed E-state index contributed by atoms with van der Waals surface area (Å²) in [5, 5.41) is 8.52. The van der Waals surface area contributed by atoms with Crippen LogP contribution in [0.3, 0.4) is 0 Å². The largest absolute Gasteiger partial charge is 0.497 e. The Morgan fingerprint density at radius 2 is 1.83 bits per heavy atom. The first-order valence-corrected chi connectivity index (χ1v) is 9.25. The number of hydrogen-bond donors (Lipinski definition) is 2. The van der Waals surface area contributed by atoms with Crippen molar-refractivity contribution in [1.29, 1.82) is 0 Å². The summed E-state index contributed by atoms with van der Waals surface area (Å²) in [6.07, 6.45) is 0. The van der Waals surface area contributed by atoms with Crippen LogP contribution in [0.2, 0.25) is 0 Å². The van der Waals surface area contributed by atoms with E-state index >= 15 is 0 Å². The second kappa shape index (κ2) is 7.31. The van der Waals surface area contributed by atoms with Gasteiger partial charge in [-0.2, -0.15) is 5.10 Å². The predicted octanol–water partition coefficient (Wildman–Crippen LogP) is 4.39. The number of anilines is 2. The Hall–Kier alpha value is -3.80. The van der Waals surface area contributed by atoms with E-state index in [1.807, 2.05) is 79.3 Å². The van der Waals surface area contributed by atoms with E-state index < -0.39 is 0 Å². The number of aryl methyl sites for hydroxylation is 2. The molecule has 0 saturated carbocycles. The van der Waals surface area contributed by atoms with E-state index in [9.17, 15) is 4.79 Å². The average molecular weight is 386 g/mol. The third-order valence-corrected chi connectivity index (χ3v) is 4.97. The standard InChI is InChI=1S/C23H22N4O2/c1-14-12-16(24)5-10-19(14)22-20-13-15(4-11-21(20)27(2)26-22)23(28)25-17-6-8-18(29-3)9-7-17/h4-13H,24H2,1-3H3,(H,25,28). The van der Waals surface area contributed by atoms with Gasteiger partial charge in [0.2, 0.25) is 0 Å². The summed E-state index contributed by atoms with van der Waals surface area (Å²) in [5.41, 5.74) is 11.7. The van der Waals surface area contributed by atoms with E-state index in [1.54, 1.807) is 7.11 Å². The monoisotopic (exact) mass is 386 g/mol. The molecule has 0 bridgehead atoms. The number of nitrogens with two attached hydrogens (primary N) is 1. The van der Waals surface area contributed by atoms with Crippen molar-refractivity contribution in [3.05, 3.63) is 71.8 Å². The number of benzene rings is 3. The van der Waals surface area contributed by atoms with Crippen molar-refractivity contribution >= 4 is 28.2 Å². The van der Waals surface area contributed by atoms with E-state index in [0.29, 0.717) is 16.9 Å². The van der Waals surface area contributed by atoms with Gasteiger partial charge in [0, 0.05) is 34.9 Å². The smallest absolute Gasteiger partial charge is 0.255 e. The highest BCUT2D eigenvalue weighted by atomic mass is 16.5. The summed E-state index contributed by atoms with van der Waals surface area (Å²) in [4.78, 5) is 12.8. The number of aromatic nitrogens is 2. The molecule has 146 valence electrons. The molecule has 0 atom stereocenters. The number of nitrogen functional groups attached to an aromatic ring is 1. The van der Waals surface area contributed by atoms with Crippen molar-refractivity contribution in [2.45, 2.75) is 6.92 Å². The number of nitrogens with zero attached hydrogens (tertiary/aromatic N) is 2. The Balaban J connectivity index is 1.72. The van der Waals surface area contributed by atoms with Crippen molar-refractivity contribution in [3.63, 3.8) is 0 Å². The molecule has 1 heterocycles. The fourth-order valence-corrected chi connectivity index (χ4v) is 3.44. The van der Waals surface area contributed by atoms with Crippen LogP contribution >= 0.6 is 0 Å². The van der Waals surface area contributed by atoms with E-state index in [1.165, 1.54) is 0 Å². The van der Waals surface area contributed by atoms with Crippen LogP contribution in [0, 0.1) is 6.92 Å². The van der Waals surface area contributed by atoms with Crippen LogP contribution in [-0.4, -0.2) is 22.8 Å². The molecule has 0 fully saturated rings. The molecule has 3 N–H and O–H groups in total. The SMILES string of the molecule is COc1ccc(NC(=O)c2ccc3c(c2)c(-c2ccc(N)cc2C)nn3C)cc1. The molecule has 3 aromatic carbocycles. The summed E-state index contributed by atoms with van der Waals surface area (Å²) >= 11 is 0. The van der Waals surface area contributed by atoms with Gasteiger partial charge in [-0.3, -0.25) is 9.48 Å². The normalized spacial score (nSPS) is 10.9. The van der Waals surface area contributed by atoms with Gasteiger partial charge >= 0.3 is 0 Å². The first-order valence-electron chi connectivity index (χ1n) is 9.25. The third-order valence-electron chi connectivity index (χ3n) is 4.97. The Morgan fingerprint density at radius 3 is 2.52 bits per heavy atom. The average Bonchev–Trinajstić information content (AvgIpc) is 3.04. The topological polar surface area (TPSA) is 82.2 Å². The van der Waals surface area contributed by atoms with Crippen LogP contribution in [0.5, 0.6) is 5.75 Å². The number of ether oxygens (including phenoxy) is 1. The van der Waals surface area contributed by atoms with Crippen molar-refractivity contribution in [2.24, 2.45) is 7.05 Å². The first-order chi connectivity index (χ1) is 14.0. The van der Waals surface area contributed by atoms with Crippen molar-refractivity contribution in [1.82, 2.24) is 9.78 Å². The van der Waals surface area contributed by atoms with Crippen LogP contribution in [-0.2, 0) is 7.05 Å². The number of amides is 1. The van der Waals surface area contributed by atoms with Crippen LogP contribution in [0.1, 0.15) is 15.9 Å². The third kappa shape index (κ3) is 3.52. The number of hydrogen-bond acceptors (Lipinski definition) is 4. The summed E-state index contributed by atoms with van der Waals surface area (Å²) in [6.45, 7) is 2.01. The van der Waals surface area contributed by atoms with Gasteiger partial charge < -0.3 is 15.8 Å². The highest BCUT2D eigenvalue weighted by Gasteiger charge is 2.15. The van der Waals surface area contributed by atoms with Crippen LogP contribution < -0.4 is 15.8 Å². The first kappa shape index (κ1) is 18.6. The lowest BCUT2D eigenvalue weighted by atomic mass is 10.0. The molecule has 0 aliphatic heterocycles. The number of rotatable bonds is 4. The molecule has 1 amide bonds. The van der Waals surface area contributed by atoms with Crippen LogP contribution in [0.25, 0.3) is 22.2 Å². The molecule has 6 heteroatoms. The molecule has 4 aromatic rings. The number of fused-ring (bicyclic) bond motifs is 1. The van der Waals surface area contributed by atoms with Gasteiger partial charge in [0.1, 0.15) is 11.4 Å². The Kier molecular flexibility index (Phi) is 4.68. The van der Waals surface area contributed by atoms with Crippen LogP contribution in [0.4, 0.5) is 11.4 Å². The second-order valence-electron chi connectivity index (χ2n) is 6.96. The molecular weight excluding hydrogens is 364 g/mol. The number of carbonyl (C=O) groups is 1. The van der Waals surface area contributed by atoms with Crippen molar-refractivity contribution in [2.75, 3.05) is 18.2 Å². The summed E-state index contributed by atoms with van der Waals surface area (Å²) in [7, 11) is 3.51. The molecule has 0 aliphatic carbocycles. The Labute approximate surface area is 168 Å². The summed E-state index contributed by atoms with van der Waals surface area (Å²) in [6, 6.07) is 18.6. The van der Waals surface area contributed by atoms with E-state index in [4.69, 9.17) is 10.5 Å². The minimum absolute atomic E-state index is 0.180. The van der Waals surface area contributed by atoms with Crippen molar-refractivity contribution < 1.29 is 9.53 Å². The lowest BCUT2D eigenvalue weighted by molar-refractivity contribution is 0.102. The second-order valence-corrected chi connectivity index (χ2v) is 6.96. The van der Waals surface area contributed by atoms with Gasteiger partial charge in [-0.25, -0.2) is 0 Å². The molecule has 1 aromatic heterocycles. The zero-order valence-electron chi connectivity index (χ0n) is 16.6. The maximum absolute atomic E-state index is 12.8. The molecule has 0 saturated heterocycles. The van der Waals surface area contributed by atoms with E-state index in [2.05, 4.69) is 10.4 Å². The van der Waals surface area contributed by atoms with Crippen LogP contribution in [0.15, 0.2) is 60.7 Å². The quantitative estimate of drug-likeness (QED) is 0.510. The molecule has 6 nitrogen and oxygen atoms in total. The molecule has 0 spiro atoms. The maximum atomic E-state index is 12.8. The lowest BCUT2D eigenvalue weighted by Gasteiger charge is -2.08. The number of methoxy groups -OCH3 is 1. The highest BCUT2D eigenvalue weighted by Crippen LogP contribution is 2.31. The minimum Gasteiger partial charge on any atom is -0.497 e. The minimum atomic E-state index is -0.180. The molecule has 4 rings (SSSR count). The van der Waals surface area contributed by atoms with Gasteiger partial charge in [0.25, 0.3) is 5.91 Å². The lowest BCUT2D eigenvalue weighted by Crippen LogP contribution is -2.11. The predicted molar refractivity (Wildman–Crippen MR) is 116 cm³/mol. The van der Waals surface area contributed by atoms with Gasteiger partial charge in [0.15, 0.2) is 0 Å². The van der Waals surface area contributed by atoms with Crippen molar-refractivity contribution in [3.8, 4) is 17.0 Å². The molecule has 0 radical (unpaired) electrons. The summed E-state index contributed by atoms with van der Waals surface area (Å²) in [5.74, 6) is 0.559. The zero-order chi connectivity index (χ0) is 20.5. The fraction of sp³-hybridized carbons (Fsp3) is 0.130. The van der Waals surface area contributed by atoms with Gasteiger partial charge in [-0.15, -0.1) is 0 Å². The van der Waals surface area contributed by atoms with Gasteiger partial charge in [-0.05, 0) is 67.1 Å². The zero-order valence-corrected chi connectivity index (χ0v) is 16.6. The Bertz CT molecular complexity index is 1210. The molecule has 0 aliphatic rings. The maximum Gasteiger partial charge on any atom is 0.255 e. The molecule has 0 unspecified atom stereocenters. The van der Waals surface area contributed by atoms with Gasteiger partial charge in [0.05, 0.1) is 12.6 Å². The van der Waals surface area contributed by atoms with E-state index in [-0.39, 0.29) is 5.91 Å². The highest BCUT2D eigenvalue weighted by molar-refractivity contribution is 6.07. The Morgan fingerprint density at radius 1 is 1.07 bits per heavy atom. The molecular formula is C23H22N4O2. The fourth-order valence-electron chi connectivity index (χ4n) is 3.44. The number of carbonyl (C=O) groups excluding carboxylic acids is 1. The number of nitrogens with one attached hydrogen (secondary N) is 1.